The predicted molar refractivity (Wildman–Crippen MR) is 103 cm³/mol. The standard InChI is InChI=1S/C19H17Cl2N3O2/c1-13(26-15-7-8-16(20)17(21)11-15)19(25)23-18-9-10-22-24(18)12-14-5-3-2-4-6-14/h2-11,13H,12H2,1H3,(H,23,25). The summed E-state index contributed by atoms with van der Waals surface area (Å²) in [5.41, 5.74) is 1.09. The van der Waals surface area contributed by atoms with E-state index in [1.807, 2.05) is 30.3 Å². The maximum absolute atomic E-state index is 12.4. The number of carbonyl (C=O) groups is 1. The van der Waals surface area contributed by atoms with E-state index >= 15 is 0 Å². The number of hydrogen-bond donors (Lipinski definition) is 1. The number of halogens is 2. The monoisotopic (exact) mass is 389 g/mol. The summed E-state index contributed by atoms with van der Waals surface area (Å²) in [5.74, 6) is 0.786. The van der Waals surface area contributed by atoms with Crippen LogP contribution >= 0.6 is 23.2 Å². The third-order valence-corrected chi connectivity index (χ3v) is 4.46. The summed E-state index contributed by atoms with van der Waals surface area (Å²) in [6, 6.07) is 16.5. The molecule has 7 heteroatoms. The molecule has 1 N–H and O–H groups in total. The number of nitrogens with zero attached hydrogens (tertiary/aromatic N) is 2. The first-order chi connectivity index (χ1) is 12.5. The van der Waals surface area contributed by atoms with E-state index in [1.54, 1.807) is 42.1 Å². The molecule has 3 rings (SSSR count). The third-order valence-electron chi connectivity index (χ3n) is 3.72. The first-order valence-electron chi connectivity index (χ1n) is 8.01. The summed E-state index contributed by atoms with van der Waals surface area (Å²) in [4.78, 5) is 12.4. The highest BCUT2D eigenvalue weighted by atomic mass is 35.5. The summed E-state index contributed by atoms with van der Waals surface area (Å²) >= 11 is 11.8. The molecule has 3 aromatic rings. The van der Waals surface area contributed by atoms with E-state index < -0.39 is 6.10 Å². The second-order valence-electron chi connectivity index (χ2n) is 5.68. The van der Waals surface area contributed by atoms with Gasteiger partial charge in [0.1, 0.15) is 11.6 Å². The lowest BCUT2D eigenvalue weighted by Gasteiger charge is -2.16. The van der Waals surface area contributed by atoms with Crippen LogP contribution in [-0.4, -0.2) is 21.8 Å². The molecule has 5 nitrogen and oxygen atoms in total. The van der Waals surface area contributed by atoms with Gasteiger partial charge in [0.25, 0.3) is 5.91 Å². The van der Waals surface area contributed by atoms with Crippen LogP contribution in [0, 0.1) is 0 Å². The van der Waals surface area contributed by atoms with Gasteiger partial charge in [-0.1, -0.05) is 53.5 Å². The molecule has 1 atom stereocenters. The zero-order valence-electron chi connectivity index (χ0n) is 14.0. The number of ether oxygens (including phenoxy) is 1. The molecule has 0 saturated heterocycles. The molecule has 0 saturated carbocycles. The average molecular weight is 390 g/mol. The fourth-order valence-corrected chi connectivity index (χ4v) is 2.64. The van der Waals surface area contributed by atoms with E-state index in [-0.39, 0.29) is 5.91 Å². The van der Waals surface area contributed by atoms with Crippen LogP contribution in [-0.2, 0) is 11.3 Å². The molecule has 1 amide bonds. The van der Waals surface area contributed by atoms with E-state index in [0.29, 0.717) is 28.2 Å². The Balaban J connectivity index is 1.64. The fraction of sp³-hybridized carbons (Fsp3) is 0.158. The zero-order chi connectivity index (χ0) is 18.5. The van der Waals surface area contributed by atoms with E-state index in [9.17, 15) is 4.79 Å². The largest absolute Gasteiger partial charge is 0.481 e. The van der Waals surface area contributed by atoms with Crippen molar-refractivity contribution in [2.24, 2.45) is 0 Å². The van der Waals surface area contributed by atoms with Gasteiger partial charge < -0.3 is 10.1 Å². The Bertz CT molecular complexity index is 897. The molecule has 134 valence electrons. The molecule has 1 aromatic heterocycles. The van der Waals surface area contributed by atoms with Crippen LogP contribution in [0.3, 0.4) is 0 Å². The summed E-state index contributed by atoms with van der Waals surface area (Å²) in [5, 5.41) is 7.90. The Labute approximate surface area is 161 Å². The predicted octanol–water partition coefficient (Wildman–Crippen LogP) is 4.64. The number of anilines is 1. The number of hydrogen-bond acceptors (Lipinski definition) is 3. The molecule has 0 fully saturated rings. The average Bonchev–Trinajstić information content (AvgIpc) is 3.05. The molecule has 0 radical (unpaired) electrons. The fourth-order valence-electron chi connectivity index (χ4n) is 2.36. The van der Waals surface area contributed by atoms with Crippen molar-refractivity contribution < 1.29 is 9.53 Å². The molecule has 0 bridgehead atoms. The number of nitrogens with one attached hydrogen (secondary N) is 1. The van der Waals surface area contributed by atoms with Crippen LogP contribution in [0.4, 0.5) is 5.82 Å². The summed E-state index contributed by atoms with van der Waals surface area (Å²) < 4.78 is 7.36. The summed E-state index contributed by atoms with van der Waals surface area (Å²) in [6.07, 6.45) is 0.926. The third kappa shape index (κ3) is 4.56. The zero-order valence-corrected chi connectivity index (χ0v) is 15.5. The Morgan fingerprint density at radius 1 is 1.15 bits per heavy atom. The number of benzene rings is 2. The van der Waals surface area contributed by atoms with E-state index in [1.165, 1.54) is 0 Å². The van der Waals surface area contributed by atoms with Gasteiger partial charge in [0.05, 0.1) is 22.8 Å². The quantitative estimate of drug-likeness (QED) is 0.667. The lowest BCUT2D eigenvalue weighted by molar-refractivity contribution is -0.122. The summed E-state index contributed by atoms with van der Waals surface area (Å²) in [7, 11) is 0. The SMILES string of the molecule is CC(Oc1ccc(Cl)c(Cl)c1)C(=O)Nc1ccnn1Cc1ccccc1. The Kier molecular flexibility index (Phi) is 5.81. The highest BCUT2D eigenvalue weighted by Gasteiger charge is 2.17. The second kappa shape index (κ2) is 8.25. The van der Waals surface area contributed by atoms with Crippen LogP contribution in [0.25, 0.3) is 0 Å². The molecule has 1 unspecified atom stereocenters. The van der Waals surface area contributed by atoms with Crippen molar-refractivity contribution in [2.75, 3.05) is 5.32 Å². The van der Waals surface area contributed by atoms with Crippen LogP contribution in [0.1, 0.15) is 12.5 Å². The van der Waals surface area contributed by atoms with Gasteiger partial charge >= 0.3 is 0 Å². The molecular weight excluding hydrogens is 373 g/mol. The molecular formula is C19H17Cl2N3O2. The summed E-state index contributed by atoms with van der Waals surface area (Å²) in [6.45, 7) is 2.22. The van der Waals surface area contributed by atoms with Crippen molar-refractivity contribution in [3.63, 3.8) is 0 Å². The van der Waals surface area contributed by atoms with Crippen molar-refractivity contribution in [3.8, 4) is 5.75 Å². The van der Waals surface area contributed by atoms with Gasteiger partial charge in [-0.25, -0.2) is 4.68 Å². The van der Waals surface area contributed by atoms with Crippen LogP contribution in [0.5, 0.6) is 5.75 Å². The van der Waals surface area contributed by atoms with Gasteiger partial charge in [-0.05, 0) is 24.6 Å². The van der Waals surface area contributed by atoms with E-state index in [0.717, 1.165) is 5.56 Å². The number of aromatic nitrogens is 2. The molecule has 0 aliphatic rings. The van der Waals surface area contributed by atoms with Crippen molar-refractivity contribution in [1.29, 1.82) is 0 Å². The van der Waals surface area contributed by atoms with Crippen molar-refractivity contribution in [2.45, 2.75) is 19.6 Å². The minimum absolute atomic E-state index is 0.286. The van der Waals surface area contributed by atoms with Crippen molar-refractivity contribution in [1.82, 2.24) is 9.78 Å². The van der Waals surface area contributed by atoms with Gasteiger partial charge in [-0.3, -0.25) is 4.79 Å². The van der Waals surface area contributed by atoms with Gasteiger partial charge in [0, 0.05) is 12.1 Å². The molecule has 0 aliphatic carbocycles. The second-order valence-corrected chi connectivity index (χ2v) is 6.50. The molecule has 0 aliphatic heterocycles. The van der Waals surface area contributed by atoms with Gasteiger partial charge in [-0.15, -0.1) is 0 Å². The highest BCUT2D eigenvalue weighted by molar-refractivity contribution is 6.42. The lowest BCUT2D eigenvalue weighted by Crippen LogP contribution is -2.31. The number of carbonyl (C=O) groups excluding carboxylic acids is 1. The first-order valence-corrected chi connectivity index (χ1v) is 8.77. The molecule has 0 spiro atoms. The maximum atomic E-state index is 12.4. The van der Waals surface area contributed by atoms with Crippen LogP contribution in [0.15, 0.2) is 60.8 Å². The normalized spacial score (nSPS) is 11.8. The lowest BCUT2D eigenvalue weighted by atomic mass is 10.2. The van der Waals surface area contributed by atoms with E-state index in [2.05, 4.69) is 10.4 Å². The molecule has 2 aromatic carbocycles. The van der Waals surface area contributed by atoms with Crippen LogP contribution in [0.2, 0.25) is 10.0 Å². The number of rotatable bonds is 6. The van der Waals surface area contributed by atoms with Crippen LogP contribution < -0.4 is 10.1 Å². The van der Waals surface area contributed by atoms with Gasteiger partial charge in [0.2, 0.25) is 0 Å². The topological polar surface area (TPSA) is 56.1 Å². The van der Waals surface area contributed by atoms with E-state index in [4.69, 9.17) is 27.9 Å². The number of amides is 1. The van der Waals surface area contributed by atoms with Crippen molar-refractivity contribution in [3.05, 3.63) is 76.4 Å². The minimum atomic E-state index is -0.715. The maximum Gasteiger partial charge on any atom is 0.266 e. The first kappa shape index (κ1) is 18.3. The Morgan fingerprint density at radius 3 is 2.65 bits per heavy atom. The minimum Gasteiger partial charge on any atom is -0.481 e. The molecule has 1 heterocycles. The van der Waals surface area contributed by atoms with Crippen molar-refractivity contribution >= 4 is 34.9 Å². The van der Waals surface area contributed by atoms with Gasteiger partial charge in [0.15, 0.2) is 6.10 Å². The Hall–Kier alpha value is -2.50. The smallest absolute Gasteiger partial charge is 0.266 e. The van der Waals surface area contributed by atoms with Gasteiger partial charge in [-0.2, -0.15) is 5.10 Å². The highest BCUT2D eigenvalue weighted by Crippen LogP contribution is 2.27. The molecule has 26 heavy (non-hydrogen) atoms. The Morgan fingerprint density at radius 2 is 1.92 bits per heavy atom.